The van der Waals surface area contributed by atoms with Crippen LogP contribution in [0.1, 0.15) is 24.8 Å². The molecule has 3 rings (SSSR count). The highest BCUT2D eigenvalue weighted by atomic mass is 16.7. The van der Waals surface area contributed by atoms with Crippen LogP contribution in [0, 0.1) is 5.92 Å². The summed E-state index contributed by atoms with van der Waals surface area (Å²) < 4.78 is 10.6. The highest BCUT2D eigenvalue weighted by molar-refractivity contribution is 5.78. The SMILES string of the molecule is O=C(NCCc1ccc2c(c1)OCO2)C1CC=CCC1. The van der Waals surface area contributed by atoms with Gasteiger partial charge in [0.15, 0.2) is 11.5 Å². The molecule has 4 heteroatoms. The number of benzene rings is 1. The van der Waals surface area contributed by atoms with Gasteiger partial charge >= 0.3 is 0 Å². The van der Waals surface area contributed by atoms with E-state index in [1.54, 1.807) is 0 Å². The number of hydrogen-bond donors (Lipinski definition) is 1. The number of ether oxygens (including phenoxy) is 2. The lowest BCUT2D eigenvalue weighted by atomic mass is 9.93. The molecule has 1 aromatic carbocycles. The lowest BCUT2D eigenvalue weighted by Crippen LogP contribution is -2.32. The van der Waals surface area contributed by atoms with Crippen LogP contribution in [0.25, 0.3) is 0 Å². The number of hydrogen-bond acceptors (Lipinski definition) is 3. The summed E-state index contributed by atoms with van der Waals surface area (Å²) in [5.41, 5.74) is 1.15. The summed E-state index contributed by atoms with van der Waals surface area (Å²) >= 11 is 0. The Bertz CT molecular complexity index is 524. The number of nitrogens with one attached hydrogen (secondary N) is 1. The first-order valence-corrected chi connectivity index (χ1v) is 7.14. The zero-order valence-electron chi connectivity index (χ0n) is 11.4. The minimum Gasteiger partial charge on any atom is -0.454 e. The second-order valence-corrected chi connectivity index (χ2v) is 5.21. The molecule has 4 nitrogen and oxygen atoms in total. The Hall–Kier alpha value is -1.97. The van der Waals surface area contributed by atoms with Gasteiger partial charge in [-0.3, -0.25) is 4.79 Å². The zero-order chi connectivity index (χ0) is 13.8. The monoisotopic (exact) mass is 273 g/mol. The molecule has 1 aliphatic heterocycles. The fourth-order valence-corrected chi connectivity index (χ4v) is 2.60. The van der Waals surface area contributed by atoms with E-state index in [2.05, 4.69) is 17.5 Å². The molecule has 1 N–H and O–H groups in total. The third-order valence-electron chi connectivity index (χ3n) is 3.79. The Balaban J connectivity index is 1.47. The second-order valence-electron chi connectivity index (χ2n) is 5.21. The molecule has 1 atom stereocenters. The van der Waals surface area contributed by atoms with Crippen LogP contribution in [-0.4, -0.2) is 19.2 Å². The van der Waals surface area contributed by atoms with Crippen LogP contribution in [0.2, 0.25) is 0 Å². The van der Waals surface area contributed by atoms with E-state index in [1.807, 2.05) is 18.2 Å². The van der Waals surface area contributed by atoms with Gasteiger partial charge in [0.2, 0.25) is 12.7 Å². The molecule has 0 aromatic heterocycles. The summed E-state index contributed by atoms with van der Waals surface area (Å²) in [6.45, 7) is 0.962. The van der Waals surface area contributed by atoms with E-state index in [1.165, 1.54) is 0 Å². The molecule has 1 aromatic rings. The van der Waals surface area contributed by atoms with E-state index in [0.717, 1.165) is 42.7 Å². The van der Waals surface area contributed by atoms with Crippen LogP contribution in [0.5, 0.6) is 11.5 Å². The van der Waals surface area contributed by atoms with Gasteiger partial charge in [-0.1, -0.05) is 18.2 Å². The highest BCUT2D eigenvalue weighted by Crippen LogP contribution is 2.32. The Morgan fingerprint density at radius 3 is 3.00 bits per heavy atom. The number of allylic oxidation sites excluding steroid dienone is 2. The molecule has 2 aliphatic rings. The highest BCUT2D eigenvalue weighted by Gasteiger charge is 2.18. The quantitative estimate of drug-likeness (QED) is 0.857. The van der Waals surface area contributed by atoms with Crippen LogP contribution in [-0.2, 0) is 11.2 Å². The summed E-state index contributed by atoms with van der Waals surface area (Å²) in [6.07, 6.45) is 7.91. The molecule has 0 fully saturated rings. The van der Waals surface area contributed by atoms with E-state index in [9.17, 15) is 4.79 Å². The van der Waals surface area contributed by atoms with Crippen molar-refractivity contribution in [2.75, 3.05) is 13.3 Å². The van der Waals surface area contributed by atoms with Crippen LogP contribution < -0.4 is 14.8 Å². The van der Waals surface area contributed by atoms with Crippen molar-refractivity contribution in [1.29, 1.82) is 0 Å². The summed E-state index contributed by atoms with van der Waals surface area (Å²) in [6, 6.07) is 5.92. The van der Waals surface area contributed by atoms with Gasteiger partial charge in [0.25, 0.3) is 0 Å². The maximum Gasteiger partial charge on any atom is 0.231 e. The predicted molar refractivity (Wildman–Crippen MR) is 75.8 cm³/mol. The van der Waals surface area contributed by atoms with Crippen LogP contribution in [0.15, 0.2) is 30.4 Å². The number of amides is 1. The summed E-state index contributed by atoms with van der Waals surface area (Å²) in [7, 11) is 0. The largest absolute Gasteiger partial charge is 0.454 e. The third kappa shape index (κ3) is 2.95. The molecule has 1 aliphatic carbocycles. The topological polar surface area (TPSA) is 47.6 Å². The Morgan fingerprint density at radius 2 is 2.15 bits per heavy atom. The minimum atomic E-state index is 0.150. The number of fused-ring (bicyclic) bond motifs is 1. The van der Waals surface area contributed by atoms with Crippen LogP contribution >= 0.6 is 0 Å². The summed E-state index contributed by atoms with van der Waals surface area (Å²) in [5, 5.41) is 3.02. The van der Waals surface area contributed by atoms with E-state index < -0.39 is 0 Å². The fourth-order valence-electron chi connectivity index (χ4n) is 2.60. The Kier molecular flexibility index (Phi) is 3.90. The number of rotatable bonds is 4. The van der Waals surface area contributed by atoms with Crippen molar-refractivity contribution >= 4 is 5.91 Å². The molecule has 0 saturated carbocycles. The summed E-state index contributed by atoms with van der Waals surface area (Å²) in [5.74, 6) is 1.92. The van der Waals surface area contributed by atoms with Crippen LogP contribution in [0.4, 0.5) is 0 Å². The molecular weight excluding hydrogens is 254 g/mol. The van der Waals surface area contributed by atoms with Gasteiger partial charge < -0.3 is 14.8 Å². The van der Waals surface area contributed by atoms with Gasteiger partial charge in [0.05, 0.1) is 0 Å². The second kappa shape index (κ2) is 5.99. The minimum absolute atomic E-state index is 0.150. The molecule has 0 bridgehead atoms. The first kappa shape index (κ1) is 13.0. The molecule has 1 unspecified atom stereocenters. The van der Waals surface area contributed by atoms with Crippen molar-refractivity contribution in [3.63, 3.8) is 0 Å². The van der Waals surface area contributed by atoms with Gasteiger partial charge in [-0.25, -0.2) is 0 Å². The van der Waals surface area contributed by atoms with Crippen molar-refractivity contribution in [1.82, 2.24) is 5.32 Å². The van der Waals surface area contributed by atoms with Crippen LogP contribution in [0.3, 0.4) is 0 Å². The Morgan fingerprint density at radius 1 is 1.25 bits per heavy atom. The normalized spacial score (nSPS) is 19.9. The maximum absolute atomic E-state index is 12.0. The smallest absolute Gasteiger partial charge is 0.231 e. The maximum atomic E-state index is 12.0. The molecule has 106 valence electrons. The molecule has 0 spiro atoms. The first-order chi connectivity index (χ1) is 9.83. The average molecular weight is 273 g/mol. The van der Waals surface area contributed by atoms with Crippen molar-refractivity contribution in [3.05, 3.63) is 35.9 Å². The van der Waals surface area contributed by atoms with Gasteiger partial charge in [0.1, 0.15) is 0 Å². The van der Waals surface area contributed by atoms with Crippen molar-refractivity contribution in [3.8, 4) is 11.5 Å². The van der Waals surface area contributed by atoms with Gasteiger partial charge in [-0.05, 0) is 43.4 Å². The fraction of sp³-hybridized carbons (Fsp3) is 0.438. The Labute approximate surface area is 118 Å². The van der Waals surface area contributed by atoms with E-state index >= 15 is 0 Å². The predicted octanol–water partition coefficient (Wildman–Crippen LogP) is 2.43. The van der Waals surface area contributed by atoms with E-state index in [4.69, 9.17) is 9.47 Å². The first-order valence-electron chi connectivity index (χ1n) is 7.14. The zero-order valence-corrected chi connectivity index (χ0v) is 11.4. The third-order valence-corrected chi connectivity index (χ3v) is 3.79. The number of carbonyl (C=O) groups excluding carboxylic acids is 1. The van der Waals surface area contributed by atoms with Crippen molar-refractivity contribution in [2.45, 2.75) is 25.7 Å². The average Bonchev–Trinajstić information content (AvgIpc) is 2.95. The van der Waals surface area contributed by atoms with E-state index in [0.29, 0.717) is 13.3 Å². The van der Waals surface area contributed by atoms with Crippen molar-refractivity contribution < 1.29 is 14.3 Å². The van der Waals surface area contributed by atoms with Gasteiger partial charge in [-0.2, -0.15) is 0 Å². The van der Waals surface area contributed by atoms with Gasteiger partial charge in [0, 0.05) is 12.5 Å². The molecule has 1 heterocycles. The molecule has 20 heavy (non-hydrogen) atoms. The lowest BCUT2D eigenvalue weighted by Gasteiger charge is -2.17. The summed E-state index contributed by atoms with van der Waals surface area (Å²) in [4.78, 5) is 12.0. The standard InChI is InChI=1S/C16H19NO3/c18-16(13-4-2-1-3-5-13)17-9-8-12-6-7-14-15(10-12)20-11-19-14/h1-2,6-7,10,13H,3-5,8-9,11H2,(H,17,18). The molecule has 0 radical (unpaired) electrons. The molecule has 0 saturated heterocycles. The lowest BCUT2D eigenvalue weighted by molar-refractivity contribution is -0.125. The molecule has 1 amide bonds. The van der Waals surface area contributed by atoms with E-state index in [-0.39, 0.29) is 11.8 Å². The van der Waals surface area contributed by atoms with Gasteiger partial charge in [-0.15, -0.1) is 0 Å². The number of carbonyl (C=O) groups is 1. The molecular formula is C16H19NO3. The van der Waals surface area contributed by atoms with Crippen molar-refractivity contribution in [2.24, 2.45) is 5.92 Å².